The second-order valence-electron chi connectivity index (χ2n) is 10.6. The Morgan fingerprint density at radius 3 is 2.09 bits per heavy atom. The van der Waals surface area contributed by atoms with Crippen molar-refractivity contribution in [2.24, 2.45) is 0 Å². The summed E-state index contributed by atoms with van der Waals surface area (Å²) in [5.74, 6) is 0. The molecule has 0 aliphatic carbocycles. The molecule has 3 heterocycles. The van der Waals surface area contributed by atoms with Gasteiger partial charge in [0.2, 0.25) is 0 Å². The van der Waals surface area contributed by atoms with Crippen LogP contribution in [0.3, 0.4) is 0 Å². The highest BCUT2D eigenvalue weighted by molar-refractivity contribution is 6.21. The maximum Gasteiger partial charge on any atom is 0.160 e. The summed E-state index contributed by atoms with van der Waals surface area (Å²) in [7, 11) is 0. The van der Waals surface area contributed by atoms with Crippen LogP contribution in [0, 0.1) is 0 Å². The third-order valence-corrected chi connectivity index (χ3v) is 8.17. The number of aromatic nitrogens is 1. The minimum Gasteiger partial charge on any atom is -0.455 e. The molecule has 0 saturated heterocycles. The summed E-state index contributed by atoms with van der Waals surface area (Å²) in [5, 5.41) is 1.08. The van der Waals surface area contributed by atoms with Gasteiger partial charge in [-0.3, -0.25) is 0 Å². The Balaban J connectivity index is 1.29. The lowest BCUT2D eigenvalue weighted by molar-refractivity contribution is 0.670. The summed E-state index contributed by atoms with van der Waals surface area (Å²) in [5.41, 5.74) is 2.28. The van der Waals surface area contributed by atoms with Gasteiger partial charge in [0.1, 0.15) is 16.7 Å². The molecule has 0 atom stereocenters. The summed E-state index contributed by atoms with van der Waals surface area (Å²) < 4.78 is 144. The molecular formula is C42H25NO2. The number of benzene rings is 7. The van der Waals surface area contributed by atoms with Crippen molar-refractivity contribution < 1.29 is 29.4 Å². The van der Waals surface area contributed by atoms with Crippen LogP contribution in [0.1, 0.15) is 20.6 Å². The topological polar surface area (TPSA) is 31.2 Å². The lowest BCUT2D eigenvalue weighted by Gasteiger charge is -2.11. The Hall–Kier alpha value is -6.06. The normalized spacial score (nSPS) is 16.7. The molecule has 3 aromatic heterocycles. The number of furan rings is 2. The van der Waals surface area contributed by atoms with Crippen molar-refractivity contribution in [3.63, 3.8) is 0 Å². The molecule has 3 nitrogen and oxygen atoms in total. The average Bonchev–Trinajstić information content (AvgIpc) is 3.95. The third-order valence-electron chi connectivity index (χ3n) is 8.17. The van der Waals surface area contributed by atoms with E-state index in [1.165, 1.54) is 4.57 Å². The SMILES string of the molecule is [2H]c1c([2H])c([2H])c(-c2cc(-c3ccc(-n4c5c([2H])c([2H])c([2H])c([2H])c5c5c([2H])c([2H])c6c(oc7c([2H])c([2H])c([2H])c([2H])c76)c54)cc3)cc3c2oc2ccccc23)c([2H])c1[2H]. The summed E-state index contributed by atoms with van der Waals surface area (Å²) in [6.45, 7) is 0. The smallest absolute Gasteiger partial charge is 0.160 e. The second kappa shape index (κ2) is 9.22. The lowest BCUT2D eigenvalue weighted by atomic mass is 9.95. The van der Waals surface area contributed by atoms with E-state index in [0.717, 1.165) is 5.39 Å². The molecule has 0 saturated carbocycles. The monoisotopic (exact) mass is 590 g/mol. The molecule has 0 aliphatic rings. The van der Waals surface area contributed by atoms with E-state index in [-0.39, 0.29) is 54.9 Å². The van der Waals surface area contributed by atoms with Crippen molar-refractivity contribution in [3.8, 4) is 27.9 Å². The van der Waals surface area contributed by atoms with Crippen LogP contribution in [0.2, 0.25) is 0 Å². The van der Waals surface area contributed by atoms with E-state index < -0.39 is 90.6 Å². The van der Waals surface area contributed by atoms with E-state index in [0.29, 0.717) is 33.4 Å². The van der Waals surface area contributed by atoms with Crippen LogP contribution < -0.4 is 0 Å². The average molecular weight is 591 g/mol. The van der Waals surface area contributed by atoms with Crippen molar-refractivity contribution in [3.05, 3.63) is 151 Å². The van der Waals surface area contributed by atoms with Crippen LogP contribution in [0.15, 0.2) is 160 Å². The summed E-state index contributed by atoms with van der Waals surface area (Å²) in [6, 6.07) is 10.3. The number of para-hydroxylation sites is 3. The Morgan fingerprint density at radius 1 is 0.467 bits per heavy atom. The molecule has 0 bridgehead atoms. The Morgan fingerprint density at radius 2 is 1.20 bits per heavy atom. The van der Waals surface area contributed by atoms with Gasteiger partial charge in [-0.2, -0.15) is 0 Å². The van der Waals surface area contributed by atoms with E-state index in [4.69, 9.17) is 28.0 Å². The first-order valence-corrected chi connectivity index (χ1v) is 14.0. The van der Waals surface area contributed by atoms with Crippen molar-refractivity contribution in [1.29, 1.82) is 0 Å². The fraction of sp³-hybridized carbons (Fsp3) is 0. The van der Waals surface area contributed by atoms with Crippen LogP contribution in [0.25, 0.3) is 93.6 Å². The van der Waals surface area contributed by atoms with Crippen LogP contribution in [-0.2, 0) is 0 Å². The van der Waals surface area contributed by atoms with Gasteiger partial charge in [0.25, 0.3) is 0 Å². The summed E-state index contributed by atoms with van der Waals surface area (Å²) in [6.07, 6.45) is 0. The van der Waals surface area contributed by atoms with Crippen molar-refractivity contribution >= 4 is 65.7 Å². The Bertz CT molecular complexity index is 3580. The van der Waals surface area contributed by atoms with Gasteiger partial charge in [0.05, 0.1) is 31.6 Å². The first-order chi connectivity index (χ1) is 28.5. The Labute approximate surface area is 279 Å². The molecule has 0 aliphatic heterocycles. The molecular weight excluding hydrogens is 550 g/mol. The summed E-state index contributed by atoms with van der Waals surface area (Å²) >= 11 is 0. The quantitative estimate of drug-likeness (QED) is 0.205. The van der Waals surface area contributed by atoms with Gasteiger partial charge in [0.15, 0.2) is 5.58 Å². The first kappa shape index (κ1) is 14.1. The molecule has 3 heteroatoms. The first-order valence-electron chi connectivity index (χ1n) is 21.5. The predicted octanol–water partition coefficient (Wildman–Crippen LogP) is 11.9. The van der Waals surface area contributed by atoms with Gasteiger partial charge in [-0.1, -0.05) is 103 Å². The predicted molar refractivity (Wildman–Crippen MR) is 186 cm³/mol. The fourth-order valence-corrected chi connectivity index (χ4v) is 6.19. The molecule has 0 radical (unpaired) electrons. The summed E-state index contributed by atoms with van der Waals surface area (Å²) in [4.78, 5) is 0. The molecule has 0 amide bonds. The molecule has 0 spiro atoms. The molecule has 0 unspecified atom stereocenters. The minimum absolute atomic E-state index is 0.0288. The maximum atomic E-state index is 9.21. The molecule has 10 aromatic rings. The zero-order chi connectivity index (χ0) is 42.5. The zero-order valence-electron chi connectivity index (χ0n) is 38.0. The van der Waals surface area contributed by atoms with Crippen LogP contribution in [0.4, 0.5) is 0 Å². The van der Waals surface area contributed by atoms with Gasteiger partial charge in [-0.05, 0) is 65.1 Å². The number of nitrogens with zero attached hydrogens (tertiary/aromatic N) is 1. The van der Waals surface area contributed by atoms with Gasteiger partial charge in [-0.25, -0.2) is 0 Å². The number of rotatable bonds is 3. The second-order valence-corrected chi connectivity index (χ2v) is 10.6. The van der Waals surface area contributed by atoms with Gasteiger partial charge in [0, 0.05) is 43.6 Å². The van der Waals surface area contributed by atoms with E-state index in [1.807, 2.05) is 18.2 Å². The lowest BCUT2D eigenvalue weighted by Crippen LogP contribution is -1.94. The van der Waals surface area contributed by atoms with E-state index in [9.17, 15) is 1.37 Å². The van der Waals surface area contributed by atoms with Gasteiger partial charge >= 0.3 is 0 Å². The van der Waals surface area contributed by atoms with E-state index in [1.54, 1.807) is 42.5 Å². The largest absolute Gasteiger partial charge is 0.455 e. The molecule has 0 N–H and O–H groups in total. The van der Waals surface area contributed by atoms with Crippen LogP contribution >= 0.6 is 0 Å². The van der Waals surface area contributed by atoms with Crippen LogP contribution in [-0.4, -0.2) is 4.57 Å². The van der Waals surface area contributed by atoms with Gasteiger partial charge in [-0.15, -0.1) is 0 Å². The highest BCUT2D eigenvalue weighted by Gasteiger charge is 2.19. The standard InChI is InChI=1S/C42H25NO2/c1-2-10-27(11-3-1)35-24-28(25-36-32-14-6-9-17-39(32)44-41(35)36)26-18-20-29(21-19-26)43-37-15-7-4-12-30(37)33-22-23-34-31-13-5-8-16-38(31)45-42(34)40(33)43/h1-25H/i1D,2D,3D,4D,5D,7D,8D,10D,11D,12D,13D,15D,16D,22D,23D. The third kappa shape index (κ3) is 3.52. The minimum atomic E-state index is -0.563. The Kier molecular flexibility index (Phi) is 2.90. The molecule has 210 valence electrons. The van der Waals surface area contributed by atoms with E-state index >= 15 is 0 Å². The molecule has 7 aromatic carbocycles. The van der Waals surface area contributed by atoms with Crippen molar-refractivity contribution in [2.45, 2.75) is 0 Å². The highest BCUT2D eigenvalue weighted by atomic mass is 16.3. The zero-order valence-corrected chi connectivity index (χ0v) is 23.0. The maximum absolute atomic E-state index is 9.21. The number of fused-ring (bicyclic) bond motifs is 10. The van der Waals surface area contributed by atoms with Gasteiger partial charge < -0.3 is 13.4 Å². The highest BCUT2D eigenvalue weighted by Crippen LogP contribution is 2.42. The number of hydrogen-bond acceptors (Lipinski definition) is 2. The van der Waals surface area contributed by atoms with Crippen molar-refractivity contribution in [1.82, 2.24) is 4.57 Å². The van der Waals surface area contributed by atoms with Crippen molar-refractivity contribution in [2.75, 3.05) is 0 Å². The molecule has 0 fully saturated rings. The molecule has 45 heavy (non-hydrogen) atoms. The fourth-order valence-electron chi connectivity index (χ4n) is 6.19. The van der Waals surface area contributed by atoms with Crippen LogP contribution in [0.5, 0.6) is 0 Å². The number of hydrogen-bond donors (Lipinski definition) is 0. The van der Waals surface area contributed by atoms with E-state index in [2.05, 4.69) is 0 Å². The molecule has 10 rings (SSSR count).